The van der Waals surface area contributed by atoms with Gasteiger partial charge in [-0.25, -0.2) is 0 Å². The molecule has 1 aliphatic heterocycles. The smallest absolute Gasteiger partial charge is 0.276 e. The zero-order valence-electron chi connectivity index (χ0n) is 17.4. The summed E-state index contributed by atoms with van der Waals surface area (Å²) >= 11 is 1.20. The van der Waals surface area contributed by atoms with Crippen molar-refractivity contribution in [2.75, 3.05) is 39.8 Å². The van der Waals surface area contributed by atoms with Crippen molar-refractivity contribution in [3.05, 3.63) is 49.9 Å². The summed E-state index contributed by atoms with van der Waals surface area (Å²) in [6.07, 6.45) is 3.91. The Morgan fingerprint density at radius 1 is 1.00 bits per heavy atom. The lowest BCUT2D eigenvalue weighted by Crippen LogP contribution is -2.44. The van der Waals surface area contributed by atoms with E-state index in [1.165, 1.54) is 23.9 Å². The summed E-state index contributed by atoms with van der Waals surface area (Å²) in [5.74, 6) is 0.821. The zero-order chi connectivity index (χ0) is 22.2. The van der Waals surface area contributed by atoms with E-state index in [1.54, 1.807) is 0 Å². The van der Waals surface area contributed by atoms with Crippen LogP contribution in [0.5, 0.6) is 0 Å². The molecule has 0 amide bonds. The van der Waals surface area contributed by atoms with Gasteiger partial charge in [-0.3, -0.25) is 20.2 Å². The van der Waals surface area contributed by atoms with Crippen LogP contribution in [0.3, 0.4) is 0 Å². The van der Waals surface area contributed by atoms with E-state index >= 15 is 0 Å². The topological polar surface area (TPSA) is 132 Å². The Labute approximate surface area is 184 Å². The summed E-state index contributed by atoms with van der Waals surface area (Å²) in [5, 5.41) is 30.4. The zero-order valence-corrected chi connectivity index (χ0v) is 18.3. The van der Waals surface area contributed by atoms with E-state index in [0.717, 1.165) is 58.1 Å². The van der Waals surface area contributed by atoms with Crippen LogP contribution in [0, 0.1) is 20.2 Å². The molecule has 11 nitrogen and oxygen atoms in total. The maximum Gasteiger partial charge on any atom is 0.276 e. The summed E-state index contributed by atoms with van der Waals surface area (Å²) in [6.45, 7) is 5.65. The second-order valence-electron chi connectivity index (χ2n) is 7.58. The van der Waals surface area contributed by atoms with Crippen molar-refractivity contribution in [1.82, 2.24) is 20.0 Å². The molecule has 31 heavy (non-hydrogen) atoms. The maximum absolute atomic E-state index is 11.0. The second-order valence-corrected chi connectivity index (χ2v) is 8.50. The number of hydrogen-bond donors (Lipinski definition) is 0. The molecule has 3 rings (SSSR count). The number of likely N-dealkylation sites (N-methyl/N-ethyl adjacent to an activating group) is 1. The quantitative estimate of drug-likeness (QED) is 0.218. The van der Waals surface area contributed by atoms with Gasteiger partial charge in [0.05, 0.1) is 15.9 Å². The number of nitrogens with zero attached hydrogens (tertiary/aromatic N) is 6. The van der Waals surface area contributed by atoms with Gasteiger partial charge >= 0.3 is 0 Å². The van der Waals surface area contributed by atoms with Gasteiger partial charge in [0.15, 0.2) is 0 Å². The van der Waals surface area contributed by atoms with E-state index in [-0.39, 0.29) is 17.1 Å². The predicted octanol–water partition coefficient (Wildman–Crippen LogP) is 3.14. The Kier molecular flexibility index (Phi) is 8.32. The monoisotopic (exact) mass is 450 g/mol. The predicted molar refractivity (Wildman–Crippen MR) is 115 cm³/mol. The number of unbranched alkanes of at least 4 members (excludes halogenated alkanes) is 2. The fraction of sp³-hybridized carbons (Fsp3) is 0.579. The molecule has 1 aromatic heterocycles. The summed E-state index contributed by atoms with van der Waals surface area (Å²) < 4.78 is 5.63. The van der Waals surface area contributed by atoms with Gasteiger partial charge in [-0.15, -0.1) is 10.2 Å². The van der Waals surface area contributed by atoms with Gasteiger partial charge in [0, 0.05) is 50.5 Å². The Morgan fingerprint density at radius 2 is 1.68 bits per heavy atom. The summed E-state index contributed by atoms with van der Waals surface area (Å²) in [5.41, 5.74) is -0.172. The van der Waals surface area contributed by atoms with Crippen LogP contribution in [0.2, 0.25) is 0 Å². The highest BCUT2D eigenvalue weighted by molar-refractivity contribution is 7.98. The summed E-state index contributed by atoms with van der Waals surface area (Å²) in [7, 11) is 2.15. The minimum atomic E-state index is -0.643. The van der Waals surface area contributed by atoms with Crippen molar-refractivity contribution in [2.45, 2.75) is 36.7 Å². The van der Waals surface area contributed by atoms with Crippen LogP contribution in [-0.2, 0) is 12.2 Å². The number of aromatic nitrogens is 2. The van der Waals surface area contributed by atoms with Gasteiger partial charge in [0.2, 0.25) is 5.89 Å². The average Bonchev–Trinajstić information content (AvgIpc) is 3.21. The lowest BCUT2D eigenvalue weighted by Gasteiger charge is -2.32. The van der Waals surface area contributed by atoms with Gasteiger partial charge in [0.1, 0.15) is 0 Å². The first-order chi connectivity index (χ1) is 14.9. The summed E-state index contributed by atoms with van der Waals surface area (Å²) in [6, 6.07) is 3.58. The number of nitro benzene ring substituents is 2. The molecule has 1 aliphatic rings. The molecular weight excluding hydrogens is 424 g/mol. The van der Waals surface area contributed by atoms with Gasteiger partial charge < -0.3 is 14.2 Å². The number of rotatable bonds is 11. The van der Waals surface area contributed by atoms with E-state index < -0.39 is 9.85 Å². The Balaban J connectivity index is 1.41. The molecule has 0 saturated carbocycles. The maximum atomic E-state index is 11.0. The third-order valence-electron chi connectivity index (χ3n) is 5.16. The van der Waals surface area contributed by atoms with Crippen LogP contribution in [-0.4, -0.2) is 69.6 Å². The Bertz CT molecular complexity index is 867. The molecule has 2 aromatic rings. The number of nitro groups is 2. The molecule has 12 heteroatoms. The molecular formula is C19H26N6O5S. The molecule has 1 fully saturated rings. The van der Waals surface area contributed by atoms with Crippen molar-refractivity contribution in [1.29, 1.82) is 0 Å². The number of piperazine rings is 1. The molecule has 168 valence electrons. The highest BCUT2D eigenvalue weighted by Gasteiger charge is 2.17. The van der Waals surface area contributed by atoms with E-state index in [4.69, 9.17) is 4.42 Å². The fourth-order valence-electron chi connectivity index (χ4n) is 3.35. The number of non-ortho nitro benzene ring substituents is 2. The molecule has 0 aliphatic carbocycles. The van der Waals surface area contributed by atoms with Crippen molar-refractivity contribution >= 4 is 23.1 Å². The van der Waals surface area contributed by atoms with E-state index in [1.807, 2.05) is 0 Å². The van der Waals surface area contributed by atoms with Crippen LogP contribution in [0.25, 0.3) is 0 Å². The third kappa shape index (κ3) is 7.26. The average molecular weight is 451 g/mol. The Hall–Kier alpha value is -2.57. The third-order valence-corrected chi connectivity index (χ3v) is 6.05. The minimum Gasteiger partial charge on any atom is -0.416 e. The van der Waals surface area contributed by atoms with Crippen molar-refractivity contribution < 1.29 is 14.3 Å². The number of aryl methyl sites for hydroxylation is 1. The standard InChI is InChI=1S/C19H26N6O5S/c1-22-7-9-23(10-8-22)6-4-2-3-5-18-20-21-19(30-18)31-14-15-11-16(24(26)27)13-17(12-15)25(28)29/h11-13H,2-10,14H2,1H3. The van der Waals surface area contributed by atoms with Crippen LogP contribution in [0.15, 0.2) is 27.8 Å². The lowest BCUT2D eigenvalue weighted by atomic mass is 10.2. The first kappa shape index (κ1) is 23.1. The van der Waals surface area contributed by atoms with Gasteiger partial charge in [0.25, 0.3) is 16.6 Å². The van der Waals surface area contributed by atoms with Gasteiger partial charge in [-0.1, -0.05) is 18.2 Å². The molecule has 0 spiro atoms. The largest absolute Gasteiger partial charge is 0.416 e. The van der Waals surface area contributed by atoms with Gasteiger partial charge in [-0.2, -0.15) is 0 Å². The summed E-state index contributed by atoms with van der Waals surface area (Å²) in [4.78, 5) is 25.5. The Morgan fingerprint density at radius 3 is 2.32 bits per heavy atom. The number of thioether (sulfide) groups is 1. The molecule has 1 saturated heterocycles. The van der Waals surface area contributed by atoms with Crippen molar-refractivity contribution in [2.24, 2.45) is 0 Å². The molecule has 0 bridgehead atoms. The van der Waals surface area contributed by atoms with Crippen molar-refractivity contribution in [3.63, 3.8) is 0 Å². The molecule has 0 radical (unpaired) electrons. The van der Waals surface area contributed by atoms with E-state index in [9.17, 15) is 20.2 Å². The van der Waals surface area contributed by atoms with Crippen LogP contribution in [0.4, 0.5) is 11.4 Å². The number of benzene rings is 1. The highest BCUT2D eigenvalue weighted by Crippen LogP contribution is 2.28. The highest BCUT2D eigenvalue weighted by atomic mass is 32.2. The van der Waals surface area contributed by atoms with Crippen LogP contribution < -0.4 is 0 Å². The van der Waals surface area contributed by atoms with Crippen LogP contribution >= 0.6 is 11.8 Å². The first-order valence-corrected chi connectivity index (χ1v) is 11.2. The van der Waals surface area contributed by atoms with Gasteiger partial charge in [-0.05, 0) is 32.0 Å². The number of hydrogen-bond acceptors (Lipinski definition) is 10. The molecule has 0 unspecified atom stereocenters. The van der Waals surface area contributed by atoms with E-state index in [2.05, 4.69) is 27.0 Å². The molecule has 0 N–H and O–H groups in total. The van der Waals surface area contributed by atoms with E-state index in [0.29, 0.717) is 23.1 Å². The SMILES string of the molecule is CN1CCN(CCCCCc2nnc(SCc3cc([N+](=O)[O-])cc([N+](=O)[O-])c3)o2)CC1. The van der Waals surface area contributed by atoms with Crippen LogP contribution in [0.1, 0.15) is 30.7 Å². The second kappa shape index (κ2) is 11.2. The minimum absolute atomic E-state index is 0.259. The fourth-order valence-corrected chi connectivity index (χ4v) is 4.06. The lowest BCUT2D eigenvalue weighted by molar-refractivity contribution is -0.394. The molecule has 2 heterocycles. The van der Waals surface area contributed by atoms with Crippen molar-refractivity contribution in [3.8, 4) is 0 Å². The molecule has 1 aromatic carbocycles. The molecule has 0 atom stereocenters. The normalized spacial score (nSPS) is 15.3. The first-order valence-electron chi connectivity index (χ1n) is 10.2.